The summed E-state index contributed by atoms with van der Waals surface area (Å²) in [5, 5.41) is 15.7. The molecule has 0 aliphatic carbocycles. The molecule has 0 radical (unpaired) electrons. The maximum Gasteiger partial charge on any atom is 0.250 e. The van der Waals surface area contributed by atoms with Crippen LogP contribution in [0, 0.1) is 0 Å². The predicted molar refractivity (Wildman–Crippen MR) is 94.6 cm³/mol. The lowest BCUT2D eigenvalue weighted by molar-refractivity contribution is -0.119. The van der Waals surface area contributed by atoms with Crippen LogP contribution in [0.4, 0.5) is 5.69 Å². The van der Waals surface area contributed by atoms with E-state index in [1.165, 1.54) is 4.80 Å². The van der Waals surface area contributed by atoms with Crippen molar-refractivity contribution in [3.8, 4) is 17.1 Å². The number of rotatable bonds is 5. The molecule has 0 aliphatic heterocycles. The van der Waals surface area contributed by atoms with E-state index in [9.17, 15) is 4.79 Å². The Hall–Kier alpha value is -2.93. The van der Waals surface area contributed by atoms with Gasteiger partial charge in [-0.3, -0.25) is 4.79 Å². The molecule has 0 aliphatic rings. The SMILES string of the molecule is COc1ccccc1NC(=O)C(C)n1nnc(-c2ccc(Cl)cc2)n1. The number of benzene rings is 2. The van der Waals surface area contributed by atoms with E-state index in [4.69, 9.17) is 16.3 Å². The molecule has 1 heterocycles. The van der Waals surface area contributed by atoms with Crippen molar-refractivity contribution in [2.75, 3.05) is 12.4 Å². The molecule has 0 saturated carbocycles. The number of anilines is 1. The number of hydrogen-bond acceptors (Lipinski definition) is 5. The van der Waals surface area contributed by atoms with Crippen molar-refractivity contribution < 1.29 is 9.53 Å². The molecule has 1 aromatic heterocycles. The van der Waals surface area contributed by atoms with Crippen LogP contribution < -0.4 is 10.1 Å². The lowest BCUT2D eigenvalue weighted by Gasteiger charge is -2.13. The Bertz CT molecular complexity index is 879. The molecule has 25 heavy (non-hydrogen) atoms. The molecule has 1 unspecified atom stereocenters. The van der Waals surface area contributed by atoms with E-state index >= 15 is 0 Å². The minimum Gasteiger partial charge on any atom is -0.495 e. The molecule has 1 N–H and O–H groups in total. The van der Waals surface area contributed by atoms with Gasteiger partial charge in [0.15, 0.2) is 0 Å². The second kappa shape index (κ2) is 7.31. The molecule has 0 saturated heterocycles. The van der Waals surface area contributed by atoms with E-state index in [1.807, 2.05) is 12.1 Å². The van der Waals surface area contributed by atoms with E-state index in [1.54, 1.807) is 50.4 Å². The third kappa shape index (κ3) is 3.77. The monoisotopic (exact) mass is 357 g/mol. The largest absolute Gasteiger partial charge is 0.495 e. The number of amides is 1. The topological polar surface area (TPSA) is 81.9 Å². The summed E-state index contributed by atoms with van der Waals surface area (Å²) in [6.45, 7) is 1.69. The van der Waals surface area contributed by atoms with Crippen molar-refractivity contribution in [1.29, 1.82) is 0 Å². The molecular weight excluding hydrogens is 342 g/mol. The van der Waals surface area contributed by atoms with Crippen molar-refractivity contribution >= 4 is 23.2 Å². The summed E-state index contributed by atoms with van der Waals surface area (Å²) in [6.07, 6.45) is 0. The Balaban J connectivity index is 1.75. The van der Waals surface area contributed by atoms with Crippen LogP contribution in [-0.2, 0) is 4.79 Å². The first-order chi connectivity index (χ1) is 12.1. The van der Waals surface area contributed by atoms with Gasteiger partial charge < -0.3 is 10.1 Å². The summed E-state index contributed by atoms with van der Waals surface area (Å²) in [4.78, 5) is 13.7. The quantitative estimate of drug-likeness (QED) is 0.758. The van der Waals surface area contributed by atoms with Crippen LogP contribution in [0.15, 0.2) is 48.5 Å². The van der Waals surface area contributed by atoms with Crippen LogP contribution in [0.2, 0.25) is 5.02 Å². The second-order valence-electron chi connectivity index (χ2n) is 5.31. The molecule has 0 spiro atoms. The Morgan fingerprint density at radius 1 is 1.20 bits per heavy atom. The highest BCUT2D eigenvalue weighted by Crippen LogP contribution is 2.24. The summed E-state index contributed by atoms with van der Waals surface area (Å²) in [5.74, 6) is 0.731. The molecule has 128 valence electrons. The van der Waals surface area contributed by atoms with Crippen molar-refractivity contribution in [3.63, 3.8) is 0 Å². The van der Waals surface area contributed by atoms with Crippen molar-refractivity contribution in [1.82, 2.24) is 20.2 Å². The average Bonchev–Trinajstić information content (AvgIpc) is 3.12. The average molecular weight is 358 g/mol. The number of methoxy groups -OCH3 is 1. The Morgan fingerprint density at radius 3 is 2.64 bits per heavy atom. The van der Waals surface area contributed by atoms with Gasteiger partial charge in [0.1, 0.15) is 11.8 Å². The number of para-hydroxylation sites is 2. The van der Waals surface area contributed by atoms with Gasteiger partial charge in [0.05, 0.1) is 12.8 Å². The first-order valence-corrected chi connectivity index (χ1v) is 7.95. The van der Waals surface area contributed by atoms with Crippen LogP contribution in [0.1, 0.15) is 13.0 Å². The molecule has 1 atom stereocenters. The Labute approximate surface area is 149 Å². The Kier molecular flexibility index (Phi) is 4.95. The Morgan fingerprint density at radius 2 is 1.92 bits per heavy atom. The minimum absolute atomic E-state index is 0.274. The van der Waals surface area contributed by atoms with Gasteiger partial charge in [-0.2, -0.15) is 4.80 Å². The fraction of sp³-hybridized carbons (Fsp3) is 0.176. The highest BCUT2D eigenvalue weighted by Gasteiger charge is 2.20. The van der Waals surface area contributed by atoms with Crippen LogP contribution in [0.3, 0.4) is 0 Å². The van der Waals surface area contributed by atoms with E-state index in [0.29, 0.717) is 22.3 Å². The molecule has 3 rings (SSSR count). The highest BCUT2D eigenvalue weighted by molar-refractivity contribution is 6.30. The second-order valence-corrected chi connectivity index (χ2v) is 5.74. The zero-order valence-electron chi connectivity index (χ0n) is 13.7. The molecule has 3 aromatic rings. The third-order valence-corrected chi connectivity index (χ3v) is 3.87. The normalized spacial score (nSPS) is 11.8. The van der Waals surface area contributed by atoms with Gasteiger partial charge >= 0.3 is 0 Å². The number of halogens is 1. The molecule has 7 nitrogen and oxygen atoms in total. The minimum atomic E-state index is -0.640. The number of nitrogens with one attached hydrogen (secondary N) is 1. The number of hydrogen-bond donors (Lipinski definition) is 1. The van der Waals surface area contributed by atoms with Gasteiger partial charge in [-0.05, 0) is 48.5 Å². The van der Waals surface area contributed by atoms with E-state index in [-0.39, 0.29) is 5.91 Å². The van der Waals surface area contributed by atoms with E-state index in [2.05, 4.69) is 20.7 Å². The fourth-order valence-electron chi connectivity index (χ4n) is 2.19. The van der Waals surface area contributed by atoms with Crippen LogP contribution >= 0.6 is 11.6 Å². The number of carbonyl (C=O) groups is 1. The third-order valence-electron chi connectivity index (χ3n) is 3.62. The fourth-order valence-corrected chi connectivity index (χ4v) is 2.32. The number of tetrazole rings is 1. The predicted octanol–water partition coefficient (Wildman–Crippen LogP) is 3.20. The lowest BCUT2D eigenvalue weighted by atomic mass is 10.2. The van der Waals surface area contributed by atoms with Gasteiger partial charge in [0.25, 0.3) is 5.91 Å². The first kappa shape index (κ1) is 16.9. The summed E-state index contributed by atoms with van der Waals surface area (Å²) < 4.78 is 5.23. The molecule has 0 bridgehead atoms. The van der Waals surface area contributed by atoms with Crippen LogP contribution in [-0.4, -0.2) is 33.2 Å². The van der Waals surface area contributed by atoms with Gasteiger partial charge in [-0.15, -0.1) is 10.2 Å². The number of carbonyl (C=O) groups excluding carboxylic acids is 1. The maximum atomic E-state index is 12.5. The van der Waals surface area contributed by atoms with Crippen LogP contribution in [0.5, 0.6) is 5.75 Å². The number of aromatic nitrogens is 4. The molecular formula is C17H16ClN5O2. The zero-order chi connectivity index (χ0) is 17.8. The summed E-state index contributed by atoms with van der Waals surface area (Å²) in [6, 6.07) is 13.6. The standard InChI is InChI=1S/C17H16ClN5O2/c1-11(17(24)19-14-5-3-4-6-15(14)25-2)23-21-16(20-22-23)12-7-9-13(18)10-8-12/h3-11H,1-2H3,(H,19,24). The van der Waals surface area contributed by atoms with Gasteiger partial charge in [0.2, 0.25) is 5.82 Å². The smallest absolute Gasteiger partial charge is 0.250 e. The first-order valence-electron chi connectivity index (χ1n) is 7.58. The summed E-state index contributed by atoms with van der Waals surface area (Å²) in [7, 11) is 1.55. The molecule has 0 fully saturated rings. The van der Waals surface area contributed by atoms with Crippen molar-refractivity contribution in [2.24, 2.45) is 0 Å². The number of ether oxygens (including phenoxy) is 1. The van der Waals surface area contributed by atoms with E-state index in [0.717, 1.165) is 5.56 Å². The molecule has 8 heteroatoms. The summed E-state index contributed by atoms with van der Waals surface area (Å²) >= 11 is 5.87. The molecule has 1 amide bonds. The van der Waals surface area contributed by atoms with Gasteiger partial charge in [0, 0.05) is 10.6 Å². The summed E-state index contributed by atoms with van der Waals surface area (Å²) in [5.41, 5.74) is 1.35. The molecule has 2 aromatic carbocycles. The van der Waals surface area contributed by atoms with E-state index < -0.39 is 6.04 Å². The van der Waals surface area contributed by atoms with Crippen LogP contribution in [0.25, 0.3) is 11.4 Å². The van der Waals surface area contributed by atoms with Crippen molar-refractivity contribution in [3.05, 3.63) is 53.6 Å². The number of nitrogens with zero attached hydrogens (tertiary/aromatic N) is 4. The van der Waals surface area contributed by atoms with Gasteiger partial charge in [-0.1, -0.05) is 23.7 Å². The maximum absolute atomic E-state index is 12.5. The zero-order valence-corrected chi connectivity index (χ0v) is 14.4. The highest BCUT2D eigenvalue weighted by atomic mass is 35.5. The van der Waals surface area contributed by atoms with Gasteiger partial charge in [-0.25, -0.2) is 0 Å². The van der Waals surface area contributed by atoms with Crippen molar-refractivity contribution in [2.45, 2.75) is 13.0 Å². The lowest BCUT2D eigenvalue weighted by Crippen LogP contribution is -2.25.